The summed E-state index contributed by atoms with van der Waals surface area (Å²) in [6.07, 6.45) is -1.35. The van der Waals surface area contributed by atoms with E-state index in [1.54, 1.807) is 24.4 Å². The predicted octanol–water partition coefficient (Wildman–Crippen LogP) is 3.49. The van der Waals surface area contributed by atoms with Crippen LogP contribution >= 0.6 is 0 Å². The molecule has 1 aromatic carbocycles. The van der Waals surface area contributed by atoms with Gasteiger partial charge in [0.25, 0.3) is 0 Å². The fraction of sp³-hybridized carbons (Fsp3) is 0.500. The SMILES string of the molecule is CCCOc1ccc2[nH]cc(C[C@H](NC(F)(F)F)C(=O)N3CCC[C@H]3C#N)c2c1. The average molecular weight is 408 g/mol. The number of aromatic nitrogens is 1. The van der Waals surface area contributed by atoms with Crippen LogP contribution in [0.15, 0.2) is 24.4 Å². The summed E-state index contributed by atoms with van der Waals surface area (Å²) in [5.41, 5.74) is 1.32. The lowest BCUT2D eigenvalue weighted by atomic mass is 10.0. The number of ether oxygens (including phenoxy) is 1. The Bertz CT molecular complexity index is 903. The number of nitrogens with zero attached hydrogens (tertiary/aromatic N) is 2. The highest BCUT2D eigenvalue weighted by molar-refractivity contribution is 5.87. The summed E-state index contributed by atoms with van der Waals surface area (Å²) in [5.74, 6) is -0.0879. The van der Waals surface area contributed by atoms with Gasteiger partial charge in [-0.15, -0.1) is 0 Å². The van der Waals surface area contributed by atoms with E-state index in [4.69, 9.17) is 4.74 Å². The summed E-state index contributed by atoms with van der Waals surface area (Å²) < 4.78 is 44.9. The molecule has 2 N–H and O–H groups in total. The van der Waals surface area contributed by atoms with Crippen molar-refractivity contribution in [2.45, 2.75) is 51.0 Å². The second kappa shape index (κ2) is 8.74. The molecule has 1 amide bonds. The lowest BCUT2D eigenvalue weighted by Crippen LogP contribution is -2.53. The van der Waals surface area contributed by atoms with E-state index < -0.39 is 24.3 Å². The van der Waals surface area contributed by atoms with Crippen molar-refractivity contribution >= 4 is 16.8 Å². The topological polar surface area (TPSA) is 81.2 Å². The van der Waals surface area contributed by atoms with Crippen molar-refractivity contribution in [3.63, 3.8) is 0 Å². The van der Waals surface area contributed by atoms with Crippen LogP contribution in [0, 0.1) is 11.3 Å². The molecule has 1 aromatic heterocycles. The molecule has 2 heterocycles. The number of nitriles is 1. The fourth-order valence-electron chi connectivity index (χ4n) is 3.62. The molecule has 1 aliphatic rings. The number of halogens is 3. The van der Waals surface area contributed by atoms with Crippen LogP contribution in [0.3, 0.4) is 0 Å². The molecule has 0 unspecified atom stereocenters. The van der Waals surface area contributed by atoms with Crippen molar-refractivity contribution in [2.75, 3.05) is 13.2 Å². The first kappa shape index (κ1) is 21.0. The summed E-state index contributed by atoms with van der Waals surface area (Å²) in [5, 5.41) is 11.4. The van der Waals surface area contributed by atoms with Gasteiger partial charge in [0, 0.05) is 23.6 Å². The van der Waals surface area contributed by atoms with Gasteiger partial charge < -0.3 is 14.6 Å². The van der Waals surface area contributed by atoms with Gasteiger partial charge in [0.1, 0.15) is 11.8 Å². The number of hydrogen-bond donors (Lipinski definition) is 2. The number of amides is 1. The van der Waals surface area contributed by atoms with E-state index in [1.165, 1.54) is 10.2 Å². The molecule has 29 heavy (non-hydrogen) atoms. The Morgan fingerprint density at radius 3 is 2.97 bits per heavy atom. The molecule has 1 aliphatic heterocycles. The maximum atomic E-state index is 13.1. The third-order valence-corrected chi connectivity index (χ3v) is 4.96. The summed E-state index contributed by atoms with van der Waals surface area (Å²) in [6.45, 7) is 2.80. The first-order valence-electron chi connectivity index (χ1n) is 9.59. The highest BCUT2D eigenvalue weighted by atomic mass is 19.4. The second-order valence-corrected chi connectivity index (χ2v) is 7.09. The van der Waals surface area contributed by atoms with Crippen LogP contribution in [-0.2, 0) is 11.2 Å². The molecule has 0 saturated carbocycles. The third-order valence-electron chi connectivity index (χ3n) is 4.96. The van der Waals surface area contributed by atoms with Crippen LogP contribution in [0.5, 0.6) is 5.75 Å². The Morgan fingerprint density at radius 2 is 2.28 bits per heavy atom. The molecule has 9 heteroatoms. The van der Waals surface area contributed by atoms with Crippen molar-refractivity contribution in [2.24, 2.45) is 0 Å². The zero-order valence-electron chi connectivity index (χ0n) is 16.1. The van der Waals surface area contributed by atoms with E-state index in [9.17, 15) is 23.2 Å². The van der Waals surface area contributed by atoms with Crippen LogP contribution in [0.4, 0.5) is 13.2 Å². The summed E-state index contributed by atoms with van der Waals surface area (Å²) in [6, 6.07) is 5.15. The molecule has 2 aromatic rings. The van der Waals surface area contributed by atoms with Gasteiger partial charge >= 0.3 is 6.30 Å². The number of H-pyrrole nitrogens is 1. The normalized spacial score (nSPS) is 18.0. The number of benzene rings is 1. The number of carbonyl (C=O) groups is 1. The molecule has 6 nitrogen and oxygen atoms in total. The zero-order chi connectivity index (χ0) is 21.0. The number of likely N-dealkylation sites (tertiary alicyclic amines) is 1. The van der Waals surface area contributed by atoms with Crippen molar-refractivity contribution in [1.82, 2.24) is 15.2 Å². The molecule has 2 atom stereocenters. The van der Waals surface area contributed by atoms with Crippen LogP contribution in [0.1, 0.15) is 31.7 Å². The maximum absolute atomic E-state index is 13.1. The predicted molar refractivity (Wildman–Crippen MR) is 101 cm³/mol. The Balaban J connectivity index is 1.87. The van der Waals surface area contributed by atoms with Crippen molar-refractivity contribution < 1.29 is 22.7 Å². The van der Waals surface area contributed by atoms with Gasteiger partial charge in [-0.2, -0.15) is 18.4 Å². The highest BCUT2D eigenvalue weighted by Gasteiger charge is 2.39. The minimum Gasteiger partial charge on any atom is -0.494 e. The largest absolute Gasteiger partial charge is 0.494 e. The number of carbonyl (C=O) groups excluding carboxylic acids is 1. The molecule has 0 aliphatic carbocycles. The number of alkyl halides is 3. The summed E-state index contributed by atoms with van der Waals surface area (Å²) in [7, 11) is 0. The number of hydrogen-bond acceptors (Lipinski definition) is 4. The first-order chi connectivity index (χ1) is 13.8. The van der Waals surface area contributed by atoms with Crippen molar-refractivity contribution in [3.05, 3.63) is 30.0 Å². The van der Waals surface area contributed by atoms with Crippen LogP contribution in [0.2, 0.25) is 0 Å². The lowest BCUT2D eigenvalue weighted by Gasteiger charge is -2.27. The second-order valence-electron chi connectivity index (χ2n) is 7.09. The maximum Gasteiger partial charge on any atom is 0.457 e. The molecule has 0 spiro atoms. The highest BCUT2D eigenvalue weighted by Crippen LogP contribution is 2.27. The number of nitrogens with one attached hydrogen (secondary N) is 2. The van der Waals surface area contributed by atoms with E-state index in [1.807, 2.05) is 13.0 Å². The number of fused-ring (bicyclic) bond motifs is 1. The van der Waals surface area contributed by atoms with E-state index in [2.05, 4.69) is 4.98 Å². The van der Waals surface area contributed by atoms with Crippen molar-refractivity contribution in [3.8, 4) is 11.8 Å². The van der Waals surface area contributed by atoms with Gasteiger partial charge in [0.15, 0.2) is 0 Å². The number of aromatic amines is 1. The Kier molecular flexibility index (Phi) is 6.33. The van der Waals surface area contributed by atoms with Gasteiger partial charge in [0.2, 0.25) is 5.91 Å². The molecule has 3 rings (SSSR count). The average Bonchev–Trinajstić information content (AvgIpc) is 3.31. The standard InChI is InChI=1S/C20H23F3N4O2/c1-2-8-29-15-5-6-17-16(10-15)13(12-25-17)9-18(26-20(21,22)23)19(28)27-7-3-4-14(27)11-24/h5-6,10,12,14,18,25-26H,2-4,7-9H2,1H3/t14-,18-/m0/s1. The molecule has 1 saturated heterocycles. The third kappa shape index (κ3) is 5.01. The molecule has 0 radical (unpaired) electrons. The summed E-state index contributed by atoms with van der Waals surface area (Å²) in [4.78, 5) is 17.1. The minimum atomic E-state index is -4.72. The van der Waals surface area contributed by atoms with Crippen LogP contribution in [0.25, 0.3) is 10.9 Å². The Hall–Kier alpha value is -2.73. The first-order valence-corrected chi connectivity index (χ1v) is 9.59. The Morgan fingerprint density at radius 1 is 1.48 bits per heavy atom. The van der Waals surface area contributed by atoms with Gasteiger partial charge in [-0.25, -0.2) is 5.32 Å². The quantitative estimate of drug-likeness (QED) is 0.688. The van der Waals surface area contributed by atoms with Crippen LogP contribution < -0.4 is 10.1 Å². The van der Waals surface area contributed by atoms with Gasteiger partial charge in [-0.3, -0.25) is 4.79 Å². The van der Waals surface area contributed by atoms with E-state index in [0.29, 0.717) is 36.1 Å². The molecular weight excluding hydrogens is 385 g/mol. The summed E-state index contributed by atoms with van der Waals surface area (Å²) >= 11 is 0. The monoisotopic (exact) mass is 408 g/mol. The van der Waals surface area contributed by atoms with E-state index in [-0.39, 0.29) is 13.0 Å². The van der Waals surface area contributed by atoms with Gasteiger partial charge in [0.05, 0.1) is 18.7 Å². The molecule has 0 bridgehead atoms. The molecular formula is C20H23F3N4O2. The van der Waals surface area contributed by atoms with E-state index in [0.717, 1.165) is 11.9 Å². The smallest absolute Gasteiger partial charge is 0.457 e. The van der Waals surface area contributed by atoms with Gasteiger partial charge in [-0.1, -0.05) is 6.92 Å². The molecule has 156 valence electrons. The fourth-order valence-corrected chi connectivity index (χ4v) is 3.62. The zero-order valence-corrected chi connectivity index (χ0v) is 16.1. The molecule has 1 fully saturated rings. The Labute approximate surface area is 166 Å². The minimum absolute atomic E-state index is 0.162. The van der Waals surface area contributed by atoms with Gasteiger partial charge in [-0.05, 0) is 49.4 Å². The number of rotatable bonds is 7. The van der Waals surface area contributed by atoms with E-state index >= 15 is 0 Å². The lowest BCUT2D eigenvalue weighted by molar-refractivity contribution is -0.171. The van der Waals surface area contributed by atoms with Crippen molar-refractivity contribution in [1.29, 1.82) is 5.26 Å². The van der Waals surface area contributed by atoms with Crippen LogP contribution in [-0.4, -0.2) is 47.3 Å².